The van der Waals surface area contributed by atoms with Crippen molar-refractivity contribution in [1.82, 2.24) is 10.9 Å². The van der Waals surface area contributed by atoms with Crippen molar-refractivity contribution in [3.8, 4) is 5.75 Å². The van der Waals surface area contributed by atoms with Crippen molar-refractivity contribution in [3.63, 3.8) is 0 Å². The standard InChI is InChI=1S/C22H26BrN3O4/c1-4-11-30-19-8-6-16(23)13-17(19)22(29)26-25-21(28)10-9-20(27)24-18-7-5-14(2)12-15(18)3/h5-8,12-13H,4,9-11H2,1-3H3,(H,24,27)(H,25,28)(H,26,29). The lowest BCUT2D eigenvalue weighted by Crippen LogP contribution is -2.42. The summed E-state index contributed by atoms with van der Waals surface area (Å²) in [5, 5.41) is 2.79. The third-order valence-corrected chi connectivity index (χ3v) is 4.69. The maximum atomic E-state index is 12.4. The molecule has 0 radical (unpaired) electrons. The van der Waals surface area contributed by atoms with Gasteiger partial charge in [0.05, 0.1) is 12.2 Å². The summed E-state index contributed by atoms with van der Waals surface area (Å²) >= 11 is 3.32. The largest absolute Gasteiger partial charge is 0.493 e. The normalized spacial score (nSPS) is 10.3. The fourth-order valence-corrected chi connectivity index (χ4v) is 3.03. The van der Waals surface area contributed by atoms with Gasteiger partial charge in [-0.2, -0.15) is 0 Å². The highest BCUT2D eigenvalue weighted by Crippen LogP contribution is 2.23. The van der Waals surface area contributed by atoms with Crippen molar-refractivity contribution in [2.75, 3.05) is 11.9 Å². The van der Waals surface area contributed by atoms with Crippen molar-refractivity contribution in [2.45, 2.75) is 40.0 Å². The van der Waals surface area contributed by atoms with Crippen LogP contribution in [0.25, 0.3) is 0 Å². The summed E-state index contributed by atoms with van der Waals surface area (Å²) in [5.41, 5.74) is 7.77. The predicted molar refractivity (Wildman–Crippen MR) is 119 cm³/mol. The monoisotopic (exact) mass is 475 g/mol. The molecule has 0 heterocycles. The number of hydrazine groups is 1. The quantitative estimate of drug-likeness (QED) is 0.502. The number of hydrogen-bond donors (Lipinski definition) is 3. The van der Waals surface area contributed by atoms with Crippen LogP contribution in [0, 0.1) is 13.8 Å². The Morgan fingerprint density at radius 3 is 2.40 bits per heavy atom. The van der Waals surface area contributed by atoms with Crippen LogP contribution >= 0.6 is 15.9 Å². The SMILES string of the molecule is CCCOc1ccc(Br)cc1C(=O)NNC(=O)CCC(=O)Nc1ccc(C)cc1C. The topological polar surface area (TPSA) is 96.5 Å². The molecule has 2 aromatic rings. The second-order valence-electron chi connectivity index (χ2n) is 6.86. The van der Waals surface area contributed by atoms with Crippen molar-refractivity contribution >= 4 is 39.3 Å². The van der Waals surface area contributed by atoms with Crippen LogP contribution < -0.4 is 20.9 Å². The Hall–Kier alpha value is -2.87. The van der Waals surface area contributed by atoms with E-state index in [1.54, 1.807) is 18.2 Å². The first-order valence-electron chi connectivity index (χ1n) is 9.68. The lowest BCUT2D eigenvalue weighted by molar-refractivity contribution is -0.124. The maximum Gasteiger partial charge on any atom is 0.273 e. The average Bonchev–Trinajstić information content (AvgIpc) is 2.71. The fraction of sp³-hybridized carbons (Fsp3) is 0.318. The minimum Gasteiger partial charge on any atom is -0.493 e. The smallest absolute Gasteiger partial charge is 0.273 e. The zero-order valence-electron chi connectivity index (χ0n) is 17.3. The van der Waals surface area contributed by atoms with E-state index in [9.17, 15) is 14.4 Å². The Labute approximate surface area is 184 Å². The Kier molecular flexibility index (Phi) is 8.86. The molecule has 0 aliphatic rings. The Balaban J connectivity index is 1.83. The van der Waals surface area contributed by atoms with E-state index in [0.29, 0.717) is 28.1 Å². The van der Waals surface area contributed by atoms with E-state index in [-0.39, 0.29) is 18.7 Å². The zero-order chi connectivity index (χ0) is 22.1. The summed E-state index contributed by atoms with van der Waals surface area (Å²) in [6.45, 7) is 6.33. The molecule has 0 bridgehead atoms. The molecular formula is C22H26BrN3O4. The second kappa shape index (κ2) is 11.3. The van der Waals surface area contributed by atoms with Crippen molar-refractivity contribution in [3.05, 3.63) is 57.6 Å². The number of carbonyl (C=O) groups excluding carboxylic acids is 3. The number of carbonyl (C=O) groups is 3. The molecular weight excluding hydrogens is 450 g/mol. The molecule has 0 aliphatic carbocycles. The molecule has 0 atom stereocenters. The first-order valence-corrected chi connectivity index (χ1v) is 10.5. The highest BCUT2D eigenvalue weighted by molar-refractivity contribution is 9.10. The molecule has 3 amide bonds. The van der Waals surface area contributed by atoms with E-state index in [4.69, 9.17) is 4.74 Å². The van der Waals surface area contributed by atoms with Gasteiger partial charge in [-0.05, 0) is 50.1 Å². The summed E-state index contributed by atoms with van der Waals surface area (Å²) in [6.07, 6.45) is 0.740. The number of ether oxygens (including phenoxy) is 1. The van der Waals surface area contributed by atoms with Gasteiger partial charge in [-0.15, -0.1) is 0 Å². The van der Waals surface area contributed by atoms with E-state index in [2.05, 4.69) is 32.1 Å². The van der Waals surface area contributed by atoms with Crippen LogP contribution in [-0.2, 0) is 9.59 Å². The summed E-state index contributed by atoms with van der Waals surface area (Å²) in [6, 6.07) is 10.8. The van der Waals surface area contributed by atoms with Crippen LogP contribution in [0.15, 0.2) is 40.9 Å². The number of aryl methyl sites for hydroxylation is 2. The molecule has 7 nitrogen and oxygen atoms in total. The van der Waals surface area contributed by atoms with Crippen molar-refractivity contribution in [1.29, 1.82) is 0 Å². The average molecular weight is 476 g/mol. The Bertz CT molecular complexity index is 931. The first-order chi connectivity index (χ1) is 14.3. The van der Waals surface area contributed by atoms with Gasteiger partial charge in [-0.25, -0.2) is 0 Å². The van der Waals surface area contributed by atoms with Crippen molar-refractivity contribution < 1.29 is 19.1 Å². The van der Waals surface area contributed by atoms with Gasteiger partial charge in [-0.3, -0.25) is 25.2 Å². The third-order valence-electron chi connectivity index (χ3n) is 4.20. The number of hydrogen-bond acceptors (Lipinski definition) is 4. The number of nitrogens with one attached hydrogen (secondary N) is 3. The van der Waals surface area contributed by atoms with E-state index in [1.807, 2.05) is 39.0 Å². The molecule has 30 heavy (non-hydrogen) atoms. The summed E-state index contributed by atoms with van der Waals surface area (Å²) < 4.78 is 6.29. The molecule has 0 saturated heterocycles. The highest BCUT2D eigenvalue weighted by atomic mass is 79.9. The predicted octanol–water partition coefficient (Wildman–Crippen LogP) is 4.03. The number of amides is 3. The van der Waals surface area contributed by atoms with Crippen LogP contribution in [0.3, 0.4) is 0 Å². The third kappa shape index (κ3) is 7.18. The molecule has 8 heteroatoms. The second-order valence-corrected chi connectivity index (χ2v) is 7.77. The maximum absolute atomic E-state index is 12.4. The lowest BCUT2D eigenvalue weighted by atomic mass is 10.1. The number of benzene rings is 2. The van der Waals surface area contributed by atoms with Gasteiger partial charge < -0.3 is 10.1 Å². The number of anilines is 1. The molecule has 2 aromatic carbocycles. The van der Waals surface area contributed by atoms with E-state index < -0.39 is 11.8 Å². The van der Waals surface area contributed by atoms with Crippen LogP contribution in [0.4, 0.5) is 5.69 Å². The van der Waals surface area contributed by atoms with Gasteiger partial charge in [0.2, 0.25) is 11.8 Å². The van der Waals surface area contributed by atoms with Crippen LogP contribution in [0.1, 0.15) is 47.7 Å². The van der Waals surface area contributed by atoms with E-state index in [0.717, 1.165) is 17.5 Å². The molecule has 2 rings (SSSR count). The van der Waals surface area contributed by atoms with Crippen LogP contribution in [-0.4, -0.2) is 24.3 Å². The zero-order valence-corrected chi connectivity index (χ0v) is 18.9. The molecule has 0 aliphatic heterocycles. The minimum atomic E-state index is -0.504. The molecule has 3 N–H and O–H groups in total. The highest BCUT2D eigenvalue weighted by Gasteiger charge is 2.15. The summed E-state index contributed by atoms with van der Waals surface area (Å²) in [4.78, 5) is 36.5. The van der Waals surface area contributed by atoms with Gasteiger partial charge in [-0.1, -0.05) is 40.5 Å². The summed E-state index contributed by atoms with van der Waals surface area (Å²) in [5.74, 6) is -0.814. The van der Waals surface area contributed by atoms with Crippen LogP contribution in [0.5, 0.6) is 5.75 Å². The molecule has 0 fully saturated rings. The Morgan fingerprint density at radius 1 is 0.967 bits per heavy atom. The van der Waals surface area contributed by atoms with Gasteiger partial charge >= 0.3 is 0 Å². The lowest BCUT2D eigenvalue weighted by Gasteiger charge is -2.12. The van der Waals surface area contributed by atoms with Gasteiger partial charge in [0.1, 0.15) is 5.75 Å². The number of rotatable bonds is 8. The molecule has 160 valence electrons. The number of halogens is 1. The summed E-state index contributed by atoms with van der Waals surface area (Å²) in [7, 11) is 0. The van der Waals surface area contributed by atoms with E-state index in [1.165, 1.54) is 0 Å². The molecule has 0 aromatic heterocycles. The molecule has 0 spiro atoms. The van der Waals surface area contributed by atoms with E-state index >= 15 is 0 Å². The molecule has 0 unspecified atom stereocenters. The Morgan fingerprint density at radius 2 is 1.70 bits per heavy atom. The first kappa shape index (κ1) is 23.4. The van der Waals surface area contributed by atoms with Gasteiger partial charge in [0.25, 0.3) is 5.91 Å². The fourth-order valence-electron chi connectivity index (χ4n) is 2.67. The minimum absolute atomic E-state index is 0.00321. The van der Waals surface area contributed by atoms with Gasteiger partial charge in [0, 0.05) is 23.0 Å². The molecule has 0 saturated carbocycles. The van der Waals surface area contributed by atoms with Gasteiger partial charge in [0.15, 0.2) is 0 Å². The van der Waals surface area contributed by atoms with Crippen molar-refractivity contribution in [2.24, 2.45) is 0 Å². The van der Waals surface area contributed by atoms with Crippen LogP contribution in [0.2, 0.25) is 0 Å².